The van der Waals surface area contributed by atoms with Crippen molar-refractivity contribution in [1.29, 1.82) is 0 Å². The lowest BCUT2D eigenvalue weighted by Gasteiger charge is -2.32. The van der Waals surface area contributed by atoms with Crippen LogP contribution in [0, 0.1) is 17.3 Å². The lowest BCUT2D eigenvalue weighted by Crippen LogP contribution is -2.38. The van der Waals surface area contributed by atoms with Crippen LogP contribution in [0.1, 0.15) is 41.0 Å². The van der Waals surface area contributed by atoms with Gasteiger partial charge in [-0.05, 0) is 25.2 Å². The molecule has 0 heterocycles. The van der Waals surface area contributed by atoms with E-state index in [9.17, 15) is 4.79 Å². The van der Waals surface area contributed by atoms with Crippen molar-refractivity contribution in [3.8, 4) is 0 Å². The first-order valence-electron chi connectivity index (χ1n) is 5.22. The van der Waals surface area contributed by atoms with E-state index >= 15 is 0 Å². The van der Waals surface area contributed by atoms with Crippen LogP contribution in [-0.4, -0.2) is 13.0 Å². The minimum absolute atomic E-state index is 0.163. The van der Waals surface area contributed by atoms with Crippen LogP contribution in [0.5, 0.6) is 0 Å². The molecule has 0 spiro atoms. The number of hydrogen-bond acceptors (Lipinski definition) is 3. The highest BCUT2D eigenvalue weighted by atomic mass is 16.7. The maximum Gasteiger partial charge on any atom is 0.330 e. The van der Waals surface area contributed by atoms with Gasteiger partial charge in [0.05, 0.1) is 5.41 Å². The summed E-state index contributed by atoms with van der Waals surface area (Å²) in [5.41, 5.74) is 2.06. The van der Waals surface area contributed by atoms with Crippen LogP contribution in [0.15, 0.2) is 0 Å². The van der Waals surface area contributed by atoms with Gasteiger partial charge in [-0.2, -0.15) is 5.48 Å². The second kappa shape index (κ2) is 5.35. The van der Waals surface area contributed by atoms with Gasteiger partial charge in [-0.15, -0.1) is 0 Å². The molecule has 1 atom stereocenters. The molecule has 1 N–H and O–H groups in total. The first kappa shape index (κ1) is 13.4. The Balaban J connectivity index is 4.62. The zero-order valence-electron chi connectivity index (χ0n) is 10.2. The summed E-state index contributed by atoms with van der Waals surface area (Å²) in [6, 6.07) is 0. The molecular weight excluding hydrogens is 178 g/mol. The molecule has 0 amide bonds. The molecular formula is C11H23NO2. The Morgan fingerprint density at radius 1 is 1.36 bits per heavy atom. The van der Waals surface area contributed by atoms with Crippen LogP contribution >= 0.6 is 0 Å². The maximum absolute atomic E-state index is 11.8. The average Bonchev–Trinajstić information content (AvgIpc) is 2.02. The highest BCUT2D eigenvalue weighted by Gasteiger charge is 2.38. The topological polar surface area (TPSA) is 38.3 Å². The highest BCUT2D eigenvalue weighted by molar-refractivity contribution is 5.76. The van der Waals surface area contributed by atoms with E-state index in [0.29, 0.717) is 5.92 Å². The van der Waals surface area contributed by atoms with E-state index in [0.717, 1.165) is 6.42 Å². The van der Waals surface area contributed by atoms with E-state index in [1.54, 1.807) is 7.05 Å². The fraction of sp³-hybridized carbons (Fsp3) is 0.909. The first-order chi connectivity index (χ1) is 6.34. The standard InChI is InChI=1S/C11H23NO2/c1-8(2)7-11(5,9(3)4)10(13)14-12-6/h8-9,12H,7H2,1-6H3. The van der Waals surface area contributed by atoms with Gasteiger partial charge in [0.25, 0.3) is 0 Å². The lowest BCUT2D eigenvalue weighted by atomic mass is 9.73. The molecule has 0 fully saturated rings. The summed E-state index contributed by atoms with van der Waals surface area (Å²) >= 11 is 0. The smallest absolute Gasteiger partial charge is 0.330 e. The van der Waals surface area contributed by atoms with Gasteiger partial charge >= 0.3 is 5.97 Å². The number of hydroxylamine groups is 1. The molecule has 0 aromatic rings. The summed E-state index contributed by atoms with van der Waals surface area (Å²) in [5.74, 6) is 0.612. The Bertz CT molecular complexity index is 190. The largest absolute Gasteiger partial charge is 0.370 e. The van der Waals surface area contributed by atoms with Crippen molar-refractivity contribution in [3.63, 3.8) is 0 Å². The van der Waals surface area contributed by atoms with Gasteiger partial charge in [-0.1, -0.05) is 27.7 Å². The van der Waals surface area contributed by atoms with Gasteiger partial charge in [0.1, 0.15) is 0 Å². The normalized spacial score (nSPS) is 15.7. The molecule has 0 aliphatic carbocycles. The third-order valence-electron chi connectivity index (χ3n) is 2.77. The number of rotatable bonds is 5. The third kappa shape index (κ3) is 3.29. The minimum Gasteiger partial charge on any atom is -0.370 e. The summed E-state index contributed by atoms with van der Waals surface area (Å²) < 4.78 is 0. The van der Waals surface area contributed by atoms with Crippen LogP contribution in [0.25, 0.3) is 0 Å². The van der Waals surface area contributed by atoms with Gasteiger partial charge in [0.2, 0.25) is 0 Å². The fourth-order valence-corrected chi connectivity index (χ4v) is 1.61. The van der Waals surface area contributed by atoms with Gasteiger partial charge in [0.15, 0.2) is 0 Å². The molecule has 0 radical (unpaired) electrons. The molecule has 14 heavy (non-hydrogen) atoms. The highest BCUT2D eigenvalue weighted by Crippen LogP contribution is 2.35. The van der Waals surface area contributed by atoms with Crippen LogP contribution < -0.4 is 5.48 Å². The molecule has 3 nitrogen and oxygen atoms in total. The van der Waals surface area contributed by atoms with Gasteiger partial charge in [-0.25, -0.2) is 4.79 Å². The molecule has 0 aromatic heterocycles. The number of carbonyl (C=O) groups excluding carboxylic acids is 1. The molecule has 0 saturated carbocycles. The van der Waals surface area contributed by atoms with Gasteiger partial charge in [0, 0.05) is 7.05 Å². The molecule has 84 valence electrons. The molecule has 0 bridgehead atoms. The van der Waals surface area contributed by atoms with Crippen LogP contribution in [0.4, 0.5) is 0 Å². The van der Waals surface area contributed by atoms with Crippen molar-refractivity contribution in [2.24, 2.45) is 17.3 Å². The maximum atomic E-state index is 11.8. The van der Waals surface area contributed by atoms with Gasteiger partial charge < -0.3 is 4.84 Å². The minimum atomic E-state index is -0.392. The van der Waals surface area contributed by atoms with E-state index in [1.165, 1.54) is 0 Å². The summed E-state index contributed by atoms with van der Waals surface area (Å²) in [5, 5.41) is 0. The van der Waals surface area contributed by atoms with Crippen molar-refractivity contribution in [2.45, 2.75) is 41.0 Å². The predicted molar refractivity (Wildman–Crippen MR) is 57.6 cm³/mol. The molecule has 0 aliphatic heterocycles. The predicted octanol–water partition coefficient (Wildman–Crippen LogP) is 2.37. The summed E-state index contributed by atoms with van der Waals surface area (Å²) in [6.07, 6.45) is 0.852. The quantitative estimate of drug-likeness (QED) is 0.694. The van der Waals surface area contributed by atoms with Crippen molar-refractivity contribution >= 4 is 5.97 Å². The SMILES string of the molecule is CNOC(=O)C(C)(CC(C)C)C(C)C. The van der Waals surface area contributed by atoms with E-state index in [1.807, 2.05) is 6.92 Å². The van der Waals surface area contributed by atoms with Crippen molar-refractivity contribution in [1.82, 2.24) is 5.48 Å². The summed E-state index contributed by atoms with van der Waals surface area (Å²) in [6.45, 7) is 10.3. The Labute approximate surface area is 87.2 Å². The number of nitrogens with one attached hydrogen (secondary N) is 1. The molecule has 1 unspecified atom stereocenters. The third-order valence-corrected chi connectivity index (χ3v) is 2.77. The monoisotopic (exact) mass is 201 g/mol. The van der Waals surface area contributed by atoms with Crippen LogP contribution in [-0.2, 0) is 9.63 Å². The zero-order valence-corrected chi connectivity index (χ0v) is 10.2. The summed E-state index contributed by atoms with van der Waals surface area (Å²) in [4.78, 5) is 16.6. The van der Waals surface area contributed by atoms with Crippen molar-refractivity contribution in [2.75, 3.05) is 7.05 Å². The average molecular weight is 201 g/mol. The van der Waals surface area contributed by atoms with Crippen LogP contribution in [0.2, 0.25) is 0 Å². The first-order valence-corrected chi connectivity index (χ1v) is 5.22. The molecule has 0 aromatic carbocycles. The fourth-order valence-electron chi connectivity index (χ4n) is 1.61. The molecule has 3 heteroatoms. The van der Waals surface area contributed by atoms with E-state index in [2.05, 4.69) is 33.2 Å². The second-order valence-corrected chi connectivity index (χ2v) is 4.76. The number of carbonyl (C=O) groups is 1. The van der Waals surface area contributed by atoms with Crippen molar-refractivity contribution < 1.29 is 9.63 Å². The lowest BCUT2D eigenvalue weighted by molar-refractivity contribution is -0.165. The van der Waals surface area contributed by atoms with E-state index < -0.39 is 5.41 Å². The Morgan fingerprint density at radius 3 is 2.14 bits per heavy atom. The van der Waals surface area contributed by atoms with E-state index in [-0.39, 0.29) is 11.9 Å². The Hall–Kier alpha value is -0.570. The number of hydrogen-bond donors (Lipinski definition) is 1. The molecule has 0 saturated heterocycles. The van der Waals surface area contributed by atoms with Crippen LogP contribution in [0.3, 0.4) is 0 Å². The Morgan fingerprint density at radius 2 is 1.86 bits per heavy atom. The second-order valence-electron chi connectivity index (χ2n) is 4.76. The van der Waals surface area contributed by atoms with Crippen molar-refractivity contribution in [3.05, 3.63) is 0 Å². The zero-order chi connectivity index (χ0) is 11.4. The Kier molecular flexibility index (Phi) is 5.13. The van der Waals surface area contributed by atoms with Gasteiger partial charge in [-0.3, -0.25) is 0 Å². The molecule has 0 rings (SSSR count). The van der Waals surface area contributed by atoms with E-state index in [4.69, 9.17) is 4.84 Å². The molecule has 0 aliphatic rings. The summed E-state index contributed by atoms with van der Waals surface area (Å²) in [7, 11) is 1.61.